The van der Waals surface area contributed by atoms with Crippen LogP contribution in [0.3, 0.4) is 0 Å². The van der Waals surface area contributed by atoms with Crippen molar-refractivity contribution in [3.63, 3.8) is 0 Å². The number of ketones is 1. The molecule has 0 aliphatic heterocycles. The van der Waals surface area contributed by atoms with Crippen LogP contribution in [-0.4, -0.2) is 5.78 Å². The van der Waals surface area contributed by atoms with Crippen molar-refractivity contribution in [3.8, 4) is 0 Å². The number of rotatable bonds is 8. The van der Waals surface area contributed by atoms with Gasteiger partial charge in [-0.1, -0.05) is 47.0 Å². The topological polar surface area (TPSA) is 17.1 Å². The van der Waals surface area contributed by atoms with Crippen LogP contribution in [0.1, 0.15) is 72.6 Å². The monoisotopic (exact) mass is 198 g/mol. The van der Waals surface area contributed by atoms with Crippen LogP contribution in [0.4, 0.5) is 0 Å². The largest absolute Gasteiger partial charge is 0.300 e. The summed E-state index contributed by atoms with van der Waals surface area (Å²) in [6, 6.07) is 0. The number of hydrogen-bond acceptors (Lipinski definition) is 1. The predicted molar refractivity (Wildman–Crippen MR) is 62.5 cm³/mol. The number of carbonyl (C=O) groups is 1. The van der Waals surface area contributed by atoms with Crippen LogP contribution in [-0.2, 0) is 4.79 Å². The summed E-state index contributed by atoms with van der Waals surface area (Å²) in [5.41, 5.74) is 0.223. The average molecular weight is 198 g/mol. The summed E-state index contributed by atoms with van der Waals surface area (Å²) in [5, 5.41) is 0. The van der Waals surface area contributed by atoms with Crippen molar-refractivity contribution in [1.29, 1.82) is 0 Å². The highest BCUT2D eigenvalue weighted by Crippen LogP contribution is 2.28. The molecule has 0 aromatic heterocycles. The molecule has 0 saturated carbocycles. The van der Waals surface area contributed by atoms with Gasteiger partial charge in [-0.05, 0) is 18.3 Å². The maximum Gasteiger partial charge on any atom is 0.133 e. The molecule has 0 heterocycles. The molecule has 0 bridgehead atoms. The molecular formula is C13H26O. The van der Waals surface area contributed by atoms with Crippen LogP contribution >= 0.6 is 0 Å². The van der Waals surface area contributed by atoms with Gasteiger partial charge in [0.2, 0.25) is 0 Å². The summed E-state index contributed by atoms with van der Waals surface area (Å²) in [6.45, 7) is 8.77. The Labute approximate surface area is 89.3 Å². The number of hydrogen-bond donors (Lipinski definition) is 0. The summed E-state index contributed by atoms with van der Waals surface area (Å²) >= 11 is 0. The minimum atomic E-state index is 0.223. The van der Waals surface area contributed by atoms with Crippen molar-refractivity contribution in [1.82, 2.24) is 0 Å². The lowest BCUT2D eigenvalue weighted by Crippen LogP contribution is -2.16. The number of carbonyl (C=O) groups excluding carboxylic acids is 1. The van der Waals surface area contributed by atoms with Gasteiger partial charge < -0.3 is 0 Å². The second kappa shape index (κ2) is 7.03. The van der Waals surface area contributed by atoms with Crippen molar-refractivity contribution >= 4 is 5.78 Å². The molecule has 0 unspecified atom stereocenters. The Bertz CT molecular complexity index is 159. The molecule has 1 nitrogen and oxygen atoms in total. The van der Waals surface area contributed by atoms with E-state index in [-0.39, 0.29) is 5.41 Å². The fourth-order valence-corrected chi connectivity index (χ4v) is 1.74. The van der Waals surface area contributed by atoms with Crippen molar-refractivity contribution in [2.24, 2.45) is 5.41 Å². The quantitative estimate of drug-likeness (QED) is 0.566. The highest BCUT2D eigenvalue weighted by molar-refractivity contribution is 5.78. The zero-order valence-corrected chi connectivity index (χ0v) is 10.4. The standard InChI is InChI=1S/C13H26O/c1-5-7-9-12(14)11-13(3,4)10-8-6-2/h5-11H2,1-4H3. The second-order valence-electron chi connectivity index (χ2n) is 5.09. The van der Waals surface area contributed by atoms with Gasteiger partial charge in [-0.2, -0.15) is 0 Å². The van der Waals surface area contributed by atoms with Crippen LogP contribution in [0.15, 0.2) is 0 Å². The number of unbranched alkanes of at least 4 members (excludes halogenated alkanes) is 2. The molecule has 84 valence electrons. The van der Waals surface area contributed by atoms with Crippen LogP contribution in [0.5, 0.6) is 0 Å². The Morgan fingerprint density at radius 1 is 1.07 bits per heavy atom. The van der Waals surface area contributed by atoms with Crippen LogP contribution in [0, 0.1) is 5.41 Å². The predicted octanol–water partition coefficient (Wildman–Crippen LogP) is 4.35. The van der Waals surface area contributed by atoms with E-state index in [0.717, 1.165) is 25.7 Å². The summed E-state index contributed by atoms with van der Waals surface area (Å²) in [6.07, 6.45) is 7.39. The smallest absolute Gasteiger partial charge is 0.133 e. The van der Waals surface area contributed by atoms with E-state index in [0.29, 0.717) is 5.78 Å². The first-order chi connectivity index (χ1) is 6.52. The highest BCUT2D eigenvalue weighted by atomic mass is 16.1. The Kier molecular flexibility index (Phi) is 6.86. The zero-order valence-electron chi connectivity index (χ0n) is 10.4. The molecule has 0 saturated heterocycles. The molecule has 0 amide bonds. The van der Waals surface area contributed by atoms with Crippen molar-refractivity contribution in [2.75, 3.05) is 0 Å². The lowest BCUT2D eigenvalue weighted by molar-refractivity contribution is -0.121. The average Bonchev–Trinajstić information content (AvgIpc) is 2.11. The third kappa shape index (κ3) is 7.11. The minimum Gasteiger partial charge on any atom is -0.300 e. The minimum absolute atomic E-state index is 0.223. The second-order valence-corrected chi connectivity index (χ2v) is 5.09. The van der Waals surface area contributed by atoms with Gasteiger partial charge in [0.05, 0.1) is 0 Å². The van der Waals surface area contributed by atoms with Gasteiger partial charge in [0, 0.05) is 12.8 Å². The molecule has 0 fully saturated rings. The van der Waals surface area contributed by atoms with Gasteiger partial charge in [0.15, 0.2) is 0 Å². The van der Waals surface area contributed by atoms with E-state index in [1.807, 2.05) is 0 Å². The first kappa shape index (κ1) is 13.7. The van der Waals surface area contributed by atoms with Gasteiger partial charge in [-0.15, -0.1) is 0 Å². The highest BCUT2D eigenvalue weighted by Gasteiger charge is 2.20. The number of Topliss-reactive ketones (excluding diaryl/α,β-unsaturated/α-hetero) is 1. The van der Waals surface area contributed by atoms with Crippen LogP contribution < -0.4 is 0 Å². The Balaban J connectivity index is 3.76. The van der Waals surface area contributed by atoms with Crippen molar-refractivity contribution < 1.29 is 4.79 Å². The summed E-state index contributed by atoms with van der Waals surface area (Å²) in [4.78, 5) is 11.6. The molecule has 0 aliphatic rings. The van der Waals surface area contributed by atoms with Crippen molar-refractivity contribution in [3.05, 3.63) is 0 Å². The van der Waals surface area contributed by atoms with E-state index >= 15 is 0 Å². The van der Waals surface area contributed by atoms with E-state index in [1.54, 1.807) is 0 Å². The third-order valence-electron chi connectivity index (χ3n) is 2.69. The van der Waals surface area contributed by atoms with E-state index in [4.69, 9.17) is 0 Å². The van der Waals surface area contributed by atoms with E-state index in [2.05, 4.69) is 27.7 Å². The first-order valence-electron chi connectivity index (χ1n) is 6.03. The van der Waals surface area contributed by atoms with Crippen molar-refractivity contribution in [2.45, 2.75) is 72.6 Å². The van der Waals surface area contributed by atoms with Gasteiger partial charge >= 0.3 is 0 Å². The molecule has 0 radical (unpaired) electrons. The van der Waals surface area contributed by atoms with E-state index in [9.17, 15) is 4.79 Å². The third-order valence-corrected chi connectivity index (χ3v) is 2.69. The molecule has 1 heteroatoms. The normalized spacial score (nSPS) is 11.7. The molecule has 0 aliphatic carbocycles. The Hall–Kier alpha value is -0.330. The van der Waals surface area contributed by atoms with Gasteiger partial charge in [-0.3, -0.25) is 4.79 Å². The molecule has 0 N–H and O–H groups in total. The molecule has 0 aromatic rings. The lowest BCUT2D eigenvalue weighted by Gasteiger charge is -2.23. The maximum absolute atomic E-state index is 11.6. The SMILES string of the molecule is CCCCC(=O)CC(C)(C)CCCC. The van der Waals surface area contributed by atoms with E-state index < -0.39 is 0 Å². The van der Waals surface area contributed by atoms with Gasteiger partial charge in [-0.25, -0.2) is 0 Å². The Morgan fingerprint density at radius 3 is 2.14 bits per heavy atom. The zero-order chi connectivity index (χ0) is 11.0. The van der Waals surface area contributed by atoms with Crippen LogP contribution in [0.2, 0.25) is 0 Å². The maximum atomic E-state index is 11.6. The molecule has 0 atom stereocenters. The lowest BCUT2D eigenvalue weighted by atomic mass is 9.81. The first-order valence-corrected chi connectivity index (χ1v) is 6.03. The van der Waals surface area contributed by atoms with E-state index in [1.165, 1.54) is 19.3 Å². The van der Waals surface area contributed by atoms with Gasteiger partial charge in [0.1, 0.15) is 5.78 Å². The fraction of sp³-hybridized carbons (Fsp3) is 0.923. The molecule has 0 rings (SSSR count). The summed E-state index contributed by atoms with van der Waals surface area (Å²) in [5.74, 6) is 0.452. The molecule has 0 spiro atoms. The fourth-order valence-electron chi connectivity index (χ4n) is 1.74. The molecule has 0 aromatic carbocycles. The molecular weight excluding hydrogens is 172 g/mol. The summed E-state index contributed by atoms with van der Waals surface area (Å²) < 4.78 is 0. The Morgan fingerprint density at radius 2 is 1.64 bits per heavy atom. The summed E-state index contributed by atoms with van der Waals surface area (Å²) in [7, 11) is 0. The molecule has 14 heavy (non-hydrogen) atoms. The van der Waals surface area contributed by atoms with Gasteiger partial charge in [0.25, 0.3) is 0 Å². The van der Waals surface area contributed by atoms with Crippen LogP contribution in [0.25, 0.3) is 0 Å².